The Kier molecular flexibility index (Phi) is 8.76. The molecule has 0 N–H and O–H groups in total. The van der Waals surface area contributed by atoms with Gasteiger partial charge in [0, 0.05) is 75.3 Å². The second-order valence-electron chi connectivity index (χ2n) is 17.6. The summed E-state index contributed by atoms with van der Waals surface area (Å²) in [6.45, 7) is 0. The van der Waals surface area contributed by atoms with Crippen molar-refractivity contribution in [3.05, 3.63) is 237 Å². The van der Waals surface area contributed by atoms with Gasteiger partial charge in [0.15, 0.2) is 0 Å². The first-order valence-corrected chi connectivity index (χ1v) is 23.9. The molecule has 4 heteroatoms. The van der Waals surface area contributed by atoms with Gasteiger partial charge >= 0.3 is 0 Å². The molecule has 3 aromatic heterocycles. The van der Waals surface area contributed by atoms with Crippen molar-refractivity contribution in [2.75, 3.05) is 4.90 Å². The quantitative estimate of drug-likeness (QED) is 0.160. The lowest BCUT2D eigenvalue weighted by molar-refractivity contribution is 0.670. The van der Waals surface area contributed by atoms with Gasteiger partial charge in [0.2, 0.25) is 0 Å². The van der Waals surface area contributed by atoms with Crippen LogP contribution in [0.2, 0.25) is 0 Å². The zero-order valence-corrected chi connectivity index (χ0v) is 37.5. The summed E-state index contributed by atoms with van der Waals surface area (Å²) < 4.78 is 16.2. The molecule has 0 aliphatic carbocycles. The zero-order valence-electron chi connectivity index (χ0n) is 36.7. The molecule has 0 fully saturated rings. The number of para-hydroxylation sites is 2. The Morgan fingerprint density at radius 1 is 0.294 bits per heavy atom. The molecule has 0 atom stereocenters. The summed E-state index contributed by atoms with van der Waals surface area (Å²) in [6, 6.07) is 85.1. The van der Waals surface area contributed by atoms with Gasteiger partial charge in [-0.05, 0) is 93.4 Å². The van der Waals surface area contributed by atoms with Crippen molar-refractivity contribution in [1.29, 1.82) is 0 Å². The van der Waals surface area contributed by atoms with E-state index in [9.17, 15) is 0 Å². The third kappa shape index (κ3) is 6.19. The van der Waals surface area contributed by atoms with Gasteiger partial charge in [-0.3, -0.25) is 0 Å². The maximum absolute atomic E-state index is 7.06. The largest absolute Gasteiger partial charge is 0.455 e. The third-order valence-electron chi connectivity index (χ3n) is 13.7. The lowest BCUT2D eigenvalue weighted by Gasteiger charge is -2.27. The van der Waals surface area contributed by atoms with E-state index in [0.717, 1.165) is 94.0 Å². The zero-order chi connectivity index (χ0) is 44.7. The molecular weight excluding hydrogens is 847 g/mol. The molecule has 0 unspecified atom stereocenters. The van der Waals surface area contributed by atoms with E-state index in [1.54, 1.807) is 0 Å². The number of rotatable bonds is 7. The van der Waals surface area contributed by atoms with Crippen LogP contribution in [0.15, 0.2) is 245 Å². The van der Waals surface area contributed by atoms with Crippen LogP contribution >= 0.6 is 11.3 Å². The van der Waals surface area contributed by atoms with Gasteiger partial charge in [-0.2, -0.15) is 0 Å². The third-order valence-corrected chi connectivity index (χ3v) is 14.9. The lowest BCUT2D eigenvalue weighted by Crippen LogP contribution is -2.10. The molecule has 0 saturated heterocycles. The van der Waals surface area contributed by atoms with Crippen LogP contribution in [0.4, 0.5) is 17.1 Å². The molecule has 0 saturated carbocycles. The molecule has 14 rings (SSSR count). The van der Waals surface area contributed by atoms with Crippen LogP contribution in [0.3, 0.4) is 0 Å². The van der Waals surface area contributed by atoms with Crippen LogP contribution in [0.25, 0.3) is 119 Å². The van der Waals surface area contributed by atoms with Crippen LogP contribution in [0.5, 0.6) is 0 Å². The van der Waals surface area contributed by atoms with E-state index in [1.165, 1.54) is 42.4 Å². The molecule has 0 radical (unpaired) electrons. The second-order valence-corrected chi connectivity index (χ2v) is 18.6. The average molecular weight is 886 g/mol. The molecule has 0 bridgehead atoms. The maximum atomic E-state index is 7.06. The van der Waals surface area contributed by atoms with E-state index in [1.807, 2.05) is 23.5 Å². The fourth-order valence-corrected chi connectivity index (χ4v) is 11.6. The Morgan fingerprint density at radius 3 is 1.65 bits per heavy atom. The molecule has 3 heterocycles. The Morgan fingerprint density at radius 2 is 0.853 bits per heavy atom. The van der Waals surface area contributed by atoms with Gasteiger partial charge in [-0.15, -0.1) is 11.3 Å². The van der Waals surface area contributed by atoms with E-state index < -0.39 is 0 Å². The molecule has 14 aromatic rings. The Labute approximate surface area is 396 Å². The summed E-state index contributed by atoms with van der Waals surface area (Å²) in [5.41, 5.74) is 15.7. The van der Waals surface area contributed by atoms with Gasteiger partial charge in [-0.1, -0.05) is 182 Å². The summed E-state index contributed by atoms with van der Waals surface area (Å²) in [7, 11) is 0. The fraction of sp³-hybridized carbons (Fsp3) is 0. The van der Waals surface area contributed by atoms with E-state index >= 15 is 0 Å². The lowest BCUT2D eigenvalue weighted by atomic mass is 9.96. The first kappa shape index (κ1) is 38.6. The van der Waals surface area contributed by atoms with Gasteiger partial charge < -0.3 is 13.7 Å². The smallest absolute Gasteiger partial charge is 0.143 e. The van der Waals surface area contributed by atoms with Gasteiger partial charge in [0.25, 0.3) is 0 Å². The highest BCUT2D eigenvalue weighted by atomic mass is 32.1. The number of hydrogen-bond acceptors (Lipinski definition) is 4. The minimum absolute atomic E-state index is 0.869. The predicted octanol–water partition coefficient (Wildman–Crippen LogP) is 19.1. The minimum Gasteiger partial charge on any atom is -0.455 e. The van der Waals surface area contributed by atoms with Gasteiger partial charge in [0.05, 0.1) is 0 Å². The van der Waals surface area contributed by atoms with E-state index in [4.69, 9.17) is 8.83 Å². The summed E-state index contributed by atoms with van der Waals surface area (Å²) in [6.07, 6.45) is 0. The standard InChI is InChI=1S/C64H39NO2S/c1-2-12-40(13-3-1)41-28-33-46(34-29-41)65(47-35-30-43(31-36-47)50-18-10-20-54-52-16-6-8-22-59(52)66-61(50)54)48-38-57(63-58(39-48)55-37-32-42-14-4-5-15-49(42)62(55)67-63)45-26-24-44(25-27-45)51-19-11-21-56-53-17-7-9-23-60(53)68-64(51)56/h1-39H. The van der Waals surface area contributed by atoms with Crippen molar-refractivity contribution in [3.63, 3.8) is 0 Å². The van der Waals surface area contributed by atoms with Crippen LogP contribution in [-0.2, 0) is 0 Å². The summed E-state index contributed by atoms with van der Waals surface area (Å²) in [5.74, 6) is 0. The van der Waals surface area contributed by atoms with Crippen LogP contribution in [0, 0.1) is 0 Å². The fourth-order valence-electron chi connectivity index (χ4n) is 10.4. The first-order chi connectivity index (χ1) is 33.7. The Hall–Kier alpha value is -8.70. The topological polar surface area (TPSA) is 29.5 Å². The molecule has 0 spiro atoms. The van der Waals surface area contributed by atoms with E-state index in [-0.39, 0.29) is 0 Å². The SMILES string of the molecule is c1ccc(-c2ccc(N(c3ccc(-c4cccc5c4oc4ccccc45)cc3)c3cc(-c4ccc(-c5cccc6c5sc5ccccc56)cc4)c4oc5c6ccccc6ccc5c4c3)cc2)cc1. The highest BCUT2D eigenvalue weighted by molar-refractivity contribution is 7.26. The molecule has 0 aliphatic heterocycles. The van der Waals surface area contributed by atoms with Crippen LogP contribution < -0.4 is 4.90 Å². The number of benzene rings is 11. The summed E-state index contributed by atoms with van der Waals surface area (Å²) in [5, 5.41) is 9.25. The highest BCUT2D eigenvalue weighted by Gasteiger charge is 2.22. The molecule has 318 valence electrons. The monoisotopic (exact) mass is 885 g/mol. The summed E-state index contributed by atoms with van der Waals surface area (Å²) in [4.78, 5) is 2.37. The summed E-state index contributed by atoms with van der Waals surface area (Å²) >= 11 is 1.86. The molecule has 68 heavy (non-hydrogen) atoms. The molecule has 0 aliphatic rings. The van der Waals surface area contributed by atoms with Crippen molar-refractivity contribution in [2.24, 2.45) is 0 Å². The van der Waals surface area contributed by atoms with Crippen molar-refractivity contribution in [3.8, 4) is 44.5 Å². The number of fused-ring (bicyclic) bond motifs is 11. The molecule has 3 nitrogen and oxygen atoms in total. The first-order valence-electron chi connectivity index (χ1n) is 23.1. The van der Waals surface area contributed by atoms with Crippen LogP contribution in [0.1, 0.15) is 0 Å². The molecule has 11 aromatic carbocycles. The normalized spacial score (nSPS) is 11.8. The molecular formula is C64H39NO2S. The van der Waals surface area contributed by atoms with Gasteiger partial charge in [-0.25, -0.2) is 0 Å². The van der Waals surface area contributed by atoms with Crippen molar-refractivity contribution >= 4 is 103 Å². The molecule has 0 amide bonds. The van der Waals surface area contributed by atoms with Crippen LogP contribution in [-0.4, -0.2) is 0 Å². The second kappa shape index (κ2) is 15.5. The number of hydrogen-bond donors (Lipinski definition) is 0. The number of anilines is 3. The van der Waals surface area contributed by atoms with E-state index in [2.05, 4.69) is 229 Å². The Balaban J connectivity index is 0.956. The minimum atomic E-state index is 0.869. The van der Waals surface area contributed by atoms with Crippen molar-refractivity contribution < 1.29 is 8.83 Å². The van der Waals surface area contributed by atoms with Gasteiger partial charge in [0.1, 0.15) is 22.3 Å². The predicted molar refractivity (Wildman–Crippen MR) is 288 cm³/mol. The Bertz CT molecular complexity index is 4240. The maximum Gasteiger partial charge on any atom is 0.143 e. The average Bonchev–Trinajstić information content (AvgIpc) is 4.11. The van der Waals surface area contributed by atoms with E-state index in [0.29, 0.717) is 0 Å². The van der Waals surface area contributed by atoms with Crippen molar-refractivity contribution in [2.45, 2.75) is 0 Å². The number of furan rings is 2. The number of thiophene rings is 1. The highest BCUT2D eigenvalue weighted by Crippen LogP contribution is 2.47. The number of nitrogens with zero attached hydrogens (tertiary/aromatic N) is 1. The van der Waals surface area contributed by atoms with Crippen molar-refractivity contribution in [1.82, 2.24) is 0 Å².